The van der Waals surface area contributed by atoms with Crippen LogP contribution in [0.25, 0.3) is 0 Å². The van der Waals surface area contributed by atoms with Gasteiger partial charge >= 0.3 is 0 Å². The second kappa shape index (κ2) is 9.49. The van der Waals surface area contributed by atoms with Crippen molar-refractivity contribution in [1.82, 2.24) is 5.32 Å². The quantitative estimate of drug-likeness (QED) is 0.795. The van der Waals surface area contributed by atoms with E-state index in [0.717, 1.165) is 25.3 Å². The molecular weight excluding hydrogens is 210 g/mol. The fraction of sp³-hybridized carbons (Fsp3) is 0.933. The van der Waals surface area contributed by atoms with E-state index in [-0.39, 0.29) is 5.91 Å². The van der Waals surface area contributed by atoms with Crippen molar-refractivity contribution < 1.29 is 4.79 Å². The fourth-order valence-electron chi connectivity index (χ4n) is 1.97. The van der Waals surface area contributed by atoms with Crippen LogP contribution in [0, 0.1) is 17.8 Å². The van der Waals surface area contributed by atoms with Crippen LogP contribution < -0.4 is 5.32 Å². The van der Waals surface area contributed by atoms with Crippen LogP contribution in [-0.4, -0.2) is 12.5 Å². The second-order valence-corrected chi connectivity index (χ2v) is 5.80. The zero-order chi connectivity index (χ0) is 13.3. The molecule has 2 heteroatoms. The Balaban J connectivity index is 0.000000770. The molecule has 1 N–H and O–H groups in total. The Hall–Kier alpha value is -0.530. The minimum atomic E-state index is 0.283. The Morgan fingerprint density at radius 3 is 2.06 bits per heavy atom. The molecule has 0 heterocycles. The van der Waals surface area contributed by atoms with Crippen molar-refractivity contribution in [2.75, 3.05) is 6.54 Å². The number of hydrogen-bond donors (Lipinski definition) is 1. The molecule has 1 fully saturated rings. The van der Waals surface area contributed by atoms with E-state index in [0.29, 0.717) is 11.8 Å². The van der Waals surface area contributed by atoms with Crippen LogP contribution in [-0.2, 0) is 4.79 Å². The standard InChI is InChI=1S/C12H23NO.C3H8/c1-9(2)8-13-12(14)11-6-4-10(3)5-7-11;1-3-2/h9-11H,4-8H2,1-3H3,(H,13,14);3H2,1-2H3. The molecule has 0 aromatic heterocycles. The number of amides is 1. The molecule has 17 heavy (non-hydrogen) atoms. The third-order valence-electron chi connectivity index (χ3n) is 3.07. The summed E-state index contributed by atoms with van der Waals surface area (Å²) in [6, 6.07) is 0. The summed E-state index contributed by atoms with van der Waals surface area (Å²) in [5, 5.41) is 3.03. The molecule has 0 aromatic carbocycles. The first-order valence-electron chi connectivity index (χ1n) is 7.28. The van der Waals surface area contributed by atoms with Gasteiger partial charge in [-0.2, -0.15) is 0 Å². The molecule has 1 amide bonds. The highest BCUT2D eigenvalue weighted by molar-refractivity contribution is 5.78. The smallest absolute Gasteiger partial charge is 0.223 e. The van der Waals surface area contributed by atoms with Gasteiger partial charge in [-0.3, -0.25) is 4.79 Å². The molecule has 1 aliphatic carbocycles. The van der Waals surface area contributed by atoms with Crippen LogP contribution >= 0.6 is 0 Å². The van der Waals surface area contributed by atoms with Crippen LogP contribution in [0.4, 0.5) is 0 Å². The van der Waals surface area contributed by atoms with Gasteiger partial charge in [0.2, 0.25) is 5.91 Å². The summed E-state index contributed by atoms with van der Waals surface area (Å²) in [5.41, 5.74) is 0. The molecule has 1 aliphatic rings. The molecule has 0 bridgehead atoms. The van der Waals surface area contributed by atoms with Crippen molar-refractivity contribution in [2.24, 2.45) is 17.8 Å². The van der Waals surface area contributed by atoms with Gasteiger partial charge in [-0.05, 0) is 37.5 Å². The first kappa shape index (κ1) is 16.5. The van der Waals surface area contributed by atoms with Crippen LogP contribution in [0.5, 0.6) is 0 Å². The molecule has 0 aliphatic heterocycles. The summed E-state index contributed by atoms with van der Waals surface area (Å²) in [6.07, 6.45) is 5.87. The highest BCUT2D eigenvalue weighted by Gasteiger charge is 2.23. The van der Waals surface area contributed by atoms with Gasteiger partial charge in [0.15, 0.2) is 0 Å². The highest BCUT2D eigenvalue weighted by atomic mass is 16.1. The average Bonchev–Trinajstić information content (AvgIpc) is 2.28. The third kappa shape index (κ3) is 8.23. The van der Waals surface area contributed by atoms with Crippen molar-refractivity contribution in [3.8, 4) is 0 Å². The largest absolute Gasteiger partial charge is 0.356 e. The molecule has 0 aromatic rings. The summed E-state index contributed by atoms with van der Waals surface area (Å²) >= 11 is 0. The van der Waals surface area contributed by atoms with Crippen LogP contribution in [0.3, 0.4) is 0 Å². The summed E-state index contributed by atoms with van der Waals surface area (Å²) in [5.74, 6) is 1.96. The Kier molecular flexibility index (Phi) is 9.20. The van der Waals surface area contributed by atoms with Gasteiger partial charge in [-0.1, -0.05) is 41.0 Å². The maximum Gasteiger partial charge on any atom is 0.223 e. The molecule has 102 valence electrons. The van der Waals surface area contributed by atoms with Crippen LogP contribution in [0.15, 0.2) is 0 Å². The molecule has 0 radical (unpaired) electrons. The van der Waals surface area contributed by atoms with Crippen molar-refractivity contribution in [3.63, 3.8) is 0 Å². The minimum Gasteiger partial charge on any atom is -0.356 e. The van der Waals surface area contributed by atoms with Crippen molar-refractivity contribution >= 4 is 5.91 Å². The van der Waals surface area contributed by atoms with Crippen molar-refractivity contribution in [2.45, 2.75) is 66.7 Å². The lowest BCUT2D eigenvalue weighted by molar-refractivity contribution is -0.126. The molecule has 0 spiro atoms. The number of hydrogen-bond acceptors (Lipinski definition) is 1. The van der Waals surface area contributed by atoms with E-state index in [2.05, 4.69) is 39.9 Å². The lowest BCUT2D eigenvalue weighted by Gasteiger charge is -2.25. The van der Waals surface area contributed by atoms with Gasteiger partial charge in [-0.15, -0.1) is 0 Å². The van der Waals surface area contributed by atoms with Gasteiger partial charge in [0.1, 0.15) is 0 Å². The van der Waals surface area contributed by atoms with Gasteiger partial charge < -0.3 is 5.32 Å². The van der Waals surface area contributed by atoms with E-state index < -0.39 is 0 Å². The number of carbonyl (C=O) groups is 1. The van der Waals surface area contributed by atoms with E-state index in [4.69, 9.17) is 0 Å². The van der Waals surface area contributed by atoms with E-state index in [1.54, 1.807) is 0 Å². The maximum absolute atomic E-state index is 11.7. The normalized spacial score (nSPS) is 23.9. The fourth-order valence-corrected chi connectivity index (χ4v) is 1.97. The monoisotopic (exact) mass is 241 g/mol. The summed E-state index contributed by atoms with van der Waals surface area (Å²) in [4.78, 5) is 11.7. The van der Waals surface area contributed by atoms with Crippen molar-refractivity contribution in [3.05, 3.63) is 0 Å². The van der Waals surface area contributed by atoms with E-state index in [1.807, 2.05) is 0 Å². The second-order valence-electron chi connectivity index (χ2n) is 5.80. The molecule has 0 saturated heterocycles. The molecule has 1 rings (SSSR count). The number of rotatable bonds is 3. The summed E-state index contributed by atoms with van der Waals surface area (Å²) in [6.45, 7) is 11.6. The van der Waals surface area contributed by atoms with E-state index >= 15 is 0 Å². The molecule has 0 unspecified atom stereocenters. The Morgan fingerprint density at radius 2 is 1.65 bits per heavy atom. The predicted molar refractivity (Wildman–Crippen MR) is 74.9 cm³/mol. The van der Waals surface area contributed by atoms with Gasteiger partial charge in [0.25, 0.3) is 0 Å². The zero-order valence-electron chi connectivity index (χ0n) is 12.4. The van der Waals surface area contributed by atoms with Gasteiger partial charge in [0.05, 0.1) is 0 Å². The lowest BCUT2D eigenvalue weighted by atomic mass is 9.82. The predicted octanol–water partition coefficient (Wildman–Crippen LogP) is 4.00. The molecule has 1 saturated carbocycles. The van der Waals surface area contributed by atoms with E-state index in [1.165, 1.54) is 19.3 Å². The summed E-state index contributed by atoms with van der Waals surface area (Å²) in [7, 11) is 0. The maximum atomic E-state index is 11.7. The Bertz CT molecular complexity index is 193. The Labute approximate surface area is 108 Å². The van der Waals surface area contributed by atoms with Crippen LogP contribution in [0.2, 0.25) is 0 Å². The SMILES string of the molecule is CC(C)CNC(=O)C1CCC(C)CC1.CCC. The third-order valence-corrected chi connectivity index (χ3v) is 3.07. The van der Waals surface area contributed by atoms with Gasteiger partial charge in [0, 0.05) is 12.5 Å². The summed E-state index contributed by atoms with van der Waals surface area (Å²) < 4.78 is 0. The number of nitrogens with one attached hydrogen (secondary N) is 1. The van der Waals surface area contributed by atoms with E-state index in [9.17, 15) is 4.79 Å². The number of carbonyl (C=O) groups excluding carboxylic acids is 1. The van der Waals surface area contributed by atoms with Gasteiger partial charge in [-0.25, -0.2) is 0 Å². The lowest BCUT2D eigenvalue weighted by Crippen LogP contribution is -2.35. The topological polar surface area (TPSA) is 29.1 Å². The minimum absolute atomic E-state index is 0.283. The first-order valence-corrected chi connectivity index (χ1v) is 7.28. The highest BCUT2D eigenvalue weighted by Crippen LogP contribution is 2.28. The Morgan fingerprint density at radius 1 is 1.18 bits per heavy atom. The average molecular weight is 241 g/mol. The molecule has 2 nitrogen and oxygen atoms in total. The molecule has 0 atom stereocenters. The zero-order valence-corrected chi connectivity index (χ0v) is 12.4. The van der Waals surface area contributed by atoms with Crippen LogP contribution in [0.1, 0.15) is 66.7 Å². The molecular formula is C15H31NO. The first-order chi connectivity index (χ1) is 8.01. The van der Waals surface area contributed by atoms with Crippen molar-refractivity contribution in [1.29, 1.82) is 0 Å².